The van der Waals surface area contributed by atoms with E-state index in [1.807, 2.05) is 0 Å². The zero-order valence-electron chi connectivity index (χ0n) is 10.8. The fourth-order valence-corrected chi connectivity index (χ4v) is 3.14. The van der Waals surface area contributed by atoms with E-state index >= 15 is 0 Å². The van der Waals surface area contributed by atoms with E-state index in [0.29, 0.717) is 0 Å². The molecule has 0 N–H and O–H groups in total. The van der Waals surface area contributed by atoms with Crippen LogP contribution >= 0.6 is 15.9 Å². The standard InChI is InChI=1S/C15H22BrN/c1-12(2)11-17-8-6-13(7-9-17)14-4-3-5-15(16)10-14/h3-5,10,12-13H,6-9,11H2,1-2H3. The van der Waals surface area contributed by atoms with Crippen LogP contribution in [0.2, 0.25) is 0 Å². The molecule has 1 aromatic rings. The van der Waals surface area contributed by atoms with Crippen molar-refractivity contribution in [2.75, 3.05) is 19.6 Å². The molecule has 0 aliphatic carbocycles. The van der Waals surface area contributed by atoms with E-state index in [1.165, 1.54) is 42.5 Å². The van der Waals surface area contributed by atoms with E-state index in [4.69, 9.17) is 0 Å². The van der Waals surface area contributed by atoms with E-state index in [-0.39, 0.29) is 0 Å². The number of benzene rings is 1. The lowest BCUT2D eigenvalue weighted by molar-refractivity contribution is 0.192. The summed E-state index contributed by atoms with van der Waals surface area (Å²) in [6.07, 6.45) is 2.62. The molecule has 94 valence electrons. The topological polar surface area (TPSA) is 3.24 Å². The van der Waals surface area contributed by atoms with Gasteiger partial charge in [-0.2, -0.15) is 0 Å². The van der Waals surface area contributed by atoms with Crippen molar-refractivity contribution in [1.82, 2.24) is 4.90 Å². The molecule has 0 spiro atoms. The van der Waals surface area contributed by atoms with Gasteiger partial charge in [-0.1, -0.05) is 41.9 Å². The number of halogens is 1. The summed E-state index contributed by atoms with van der Waals surface area (Å²) in [4.78, 5) is 2.61. The van der Waals surface area contributed by atoms with Gasteiger partial charge in [0.15, 0.2) is 0 Å². The van der Waals surface area contributed by atoms with Crippen molar-refractivity contribution >= 4 is 15.9 Å². The van der Waals surface area contributed by atoms with Gasteiger partial charge >= 0.3 is 0 Å². The first-order valence-electron chi connectivity index (χ1n) is 6.63. The highest BCUT2D eigenvalue weighted by Crippen LogP contribution is 2.29. The van der Waals surface area contributed by atoms with Crippen molar-refractivity contribution in [3.63, 3.8) is 0 Å². The van der Waals surface area contributed by atoms with Gasteiger partial charge in [-0.15, -0.1) is 0 Å². The number of hydrogen-bond donors (Lipinski definition) is 0. The molecule has 1 aliphatic heterocycles. The van der Waals surface area contributed by atoms with Gasteiger partial charge in [0.2, 0.25) is 0 Å². The smallest absolute Gasteiger partial charge is 0.0178 e. The predicted octanol–water partition coefficient (Wildman–Crippen LogP) is 4.28. The molecule has 1 heterocycles. The minimum atomic E-state index is 0.760. The Hall–Kier alpha value is -0.340. The van der Waals surface area contributed by atoms with Crippen LogP contribution in [0.15, 0.2) is 28.7 Å². The van der Waals surface area contributed by atoms with Crippen LogP contribution in [0.25, 0.3) is 0 Å². The van der Waals surface area contributed by atoms with Crippen LogP contribution in [-0.2, 0) is 0 Å². The second-order valence-electron chi connectivity index (χ2n) is 5.52. The normalized spacial score (nSPS) is 18.8. The third-order valence-electron chi connectivity index (χ3n) is 3.53. The molecule has 2 rings (SSSR count). The molecule has 0 atom stereocenters. The molecule has 0 saturated carbocycles. The molecule has 0 aromatic heterocycles. The Kier molecular flexibility index (Phi) is 4.63. The maximum atomic E-state index is 3.56. The first kappa shape index (κ1) is 13.1. The first-order valence-corrected chi connectivity index (χ1v) is 7.42. The lowest BCUT2D eigenvalue weighted by Crippen LogP contribution is -2.35. The quantitative estimate of drug-likeness (QED) is 0.804. The molecule has 0 bridgehead atoms. The molecule has 0 amide bonds. The summed E-state index contributed by atoms with van der Waals surface area (Å²) in [5, 5.41) is 0. The van der Waals surface area contributed by atoms with Crippen molar-refractivity contribution in [2.24, 2.45) is 5.92 Å². The van der Waals surface area contributed by atoms with E-state index in [0.717, 1.165) is 11.8 Å². The number of piperidine rings is 1. The van der Waals surface area contributed by atoms with Crippen LogP contribution in [0.3, 0.4) is 0 Å². The van der Waals surface area contributed by atoms with Gasteiger partial charge in [0.05, 0.1) is 0 Å². The summed E-state index contributed by atoms with van der Waals surface area (Å²) in [6, 6.07) is 8.81. The van der Waals surface area contributed by atoms with Crippen LogP contribution in [0.5, 0.6) is 0 Å². The van der Waals surface area contributed by atoms with Crippen LogP contribution < -0.4 is 0 Å². The fourth-order valence-electron chi connectivity index (χ4n) is 2.73. The lowest BCUT2D eigenvalue weighted by Gasteiger charge is -2.33. The maximum absolute atomic E-state index is 3.56. The summed E-state index contributed by atoms with van der Waals surface area (Å²) in [5.74, 6) is 1.55. The van der Waals surface area contributed by atoms with Crippen LogP contribution in [-0.4, -0.2) is 24.5 Å². The number of hydrogen-bond acceptors (Lipinski definition) is 1. The van der Waals surface area contributed by atoms with Crippen LogP contribution in [0.4, 0.5) is 0 Å². The highest BCUT2D eigenvalue weighted by atomic mass is 79.9. The van der Waals surface area contributed by atoms with Gasteiger partial charge in [0, 0.05) is 11.0 Å². The second-order valence-corrected chi connectivity index (χ2v) is 6.44. The zero-order chi connectivity index (χ0) is 12.3. The molecule has 2 heteroatoms. The van der Waals surface area contributed by atoms with E-state index < -0.39 is 0 Å². The Bertz CT molecular complexity index is 354. The Morgan fingerprint density at radius 1 is 1.29 bits per heavy atom. The summed E-state index contributed by atoms with van der Waals surface area (Å²) in [5.41, 5.74) is 1.50. The molecule has 1 aromatic carbocycles. The molecule has 17 heavy (non-hydrogen) atoms. The van der Waals surface area contributed by atoms with Crippen molar-refractivity contribution in [2.45, 2.75) is 32.6 Å². The maximum Gasteiger partial charge on any atom is 0.0178 e. The van der Waals surface area contributed by atoms with Crippen LogP contribution in [0.1, 0.15) is 38.2 Å². The number of likely N-dealkylation sites (tertiary alicyclic amines) is 1. The number of nitrogens with zero attached hydrogens (tertiary/aromatic N) is 1. The third-order valence-corrected chi connectivity index (χ3v) is 4.02. The van der Waals surface area contributed by atoms with Crippen molar-refractivity contribution in [3.8, 4) is 0 Å². The predicted molar refractivity (Wildman–Crippen MR) is 77.4 cm³/mol. The van der Waals surface area contributed by atoms with Gasteiger partial charge in [-0.3, -0.25) is 0 Å². The van der Waals surface area contributed by atoms with E-state index in [9.17, 15) is 0 Å². The molecule has 1 aliphatic rings. The minimum absolute atomic E-state index is 0.760. The van der Waals surface area contributed by atoms with Gasteiger partial charge in [0.25, 0.3) is 0 Å². The van der Waals surface area contributed by atoms with Crippen molar-refractivity contribution < 1.29 is 0 Å². The highest BCUT2D eigenvalue weighted by Gasteiger charge is 2.20. The first-order chi connectivity index (χ1) is 8.15. The largest absolute Gasteiger partial charge is 0.303 e. The van der Waals surface area contributed by atoms with E-state index in [2.05, 4.69) is 58.9 Å². The Morgan fingerprint density at radius 2 is 2.00 bits per heavy atom. The van der Waals surface area contributed by atoms with Crippen LogP contribution in [0, 0.1) is 5.92 Å². The zero-order valence-corrected chi connectivity index (χ0v) is 12.4. The minimum Gasteiger partial charge on any atom is -0.303 e. The Balaban J connectivity index is 1.91. The number of rotatable bonds is 3. The monoisotopic (exact) mass is 295 g/mol. The SMILES string of the molecule is CC(C)CN1CCC(c2cccc(Br)c2)CC1. The lowest BCUT2D eigenvalue weighted by atomic mass is 9.89. The molecule has 0 radical (unpaired) electrons. The summed E-state index contributed by atoms with van der Waals surface area (Å²) >= 11 is 3.56. The van der Waals surface area contributed by atoms with Gasteiger partial charge in [-0.05, 0) is 55.5 Å². The van der Waals surface area contributed by atoms with Gasteiger partial charge in [0.1, 0.15) is 0 Å². The highest BCUT2D eigenvalue weighted by molar-refractivity contribution is 9.10. The van der Waals surface area contributed by atoms with Crippen molar-refractivity contribution in [3.05, 3.63) is 34.3 Å². The summed E-state index contributed by atoms with van der Waals surface area (Å²) in [6.45, 7) is 8.39. The van der Waals surface area contributed by atoms with Gasteiger partial charge in [-0.25, -0.2) is 0 Å². The Labute approximate surface area is 113 Å². The molecule has 1 nitrogen and oxygen atoms in total. The third kappa shape index (κ3) is 3.82. The summed E-state index contributed by atoms with van der Waals surface area (Å²) < 4.78 is 1.21. The molecule has 1 fully saturated rings. The molecule has 1 saturated heterocycles. The second kappa shape index (κ2) is 6.01. The fraction of sp³-hybridized carbons (Fsp3) is 0.600. The Morgan fingerprint density at radius 3 is 2.59 bits per heavy atom. The molecule has 0 unspecified atom stereocenters. The molecular weight excluding hydrogens is 274 g/mol. The molecular formula is C15H22BrN. The summed E-state index contributed by atoms with van der Waals surface area (Å²) in [7, 11) is 0. The van der Waals surface area contributed by atoms with E-state index in [1.54, 1.807) is 0 Å². The van der Waals surface area contributed by atoms with Crippen molar-refractivity contribution in [1.29, 1.82) is 0 Å². The average Bonchev–Trinajstić information content (AvgIpc) is 2.29. The van der Waals surface area contributed by atoms with Gasteiger partial charge < -0.3 is 4.90 Å². The average molecular weight is 296 g/mol.